The normalized spacial score (nSPS) is 18.8. The van der Waals surface area contributed by atoms with Gasteiger partial charge in [-0.2, -0.15) is 0 Å². The van der Waals surface area contributed by atoms with Crippen LogP contribution in [0.4, 0.5) is 4.39 Å². The van der Waals surface area contributed by atoms with Crippen molar-refractivity contribution in [2.24, 2.45) is 5.41 Å². The first-order chi connectivity index (χ1) is 11.6. The molecule has 7 heteroatoms. The van der Waals surface area contributed by atoms with Crippen LogP contribution in [0.25, 0.3) is 11.3 Å². The lowest BCUT2D eigenvalue weighted by Crippen LogP contribution is -2.59. The number of benzene rings is 1. The Kier molecular flexibility index (Phi) is 3.92. The molecule has 0 unspecified atom stereocenters. The SMILES string of the molecule is O=C(Cn1cnc(-c2ccc(F)cc2)c1Br)N1CC2(CCOC2)C1. The predicted octanol–water partition coefficient (Wildman–Crippen LogP) is 2.70. The number of hydrogen-bond acceptors (Lipinski definition) is 3. The van der Waals surface area contributed by atoms with Gasteiger partial charge < -0.3 is 14.2 Å². The molecule has 126 valence electrons. The maximum atomic E-state index is 13.0. The van der Waals surface area contributed by atoms with Gasteiger partial charge in [-0.3, -0.25) is 4.79 Å². The largest absolute Gasteiger partial charge is 0.381 e. The zero-order valence-electron chi connectivity index (χ0n) is 13.0. The standard InChI is InChI=1S/C17H17BrFN3O2/c18-16-15(12-1-3-13(19)4-2-12)20-11-21(16)7-14(23)22-8-17(9-22)5-6-24-10-17/h1-4,11H,5-10H2. The van der Waals surface area contributed by atoms with E-state index in [9.17, 15) is 9.18 Å². The van der Waals surface area contributed by atoms with Gasteiger partial charge in [0, 0.05) is 30.7 Å². The summed E-state index contributed by atoms with van der Waals surface area (Å²) in [5.74, 6) is -0.205. The van der Waals surface area contributed by atoms with Gasteiger partial charge in [-0.25, -0.2) is 9.37 Å². The minimum atomic E-state index is -0.285. The minimum Gasteiger partial charge on any atom is -0.381 e. The Morgan fingerprint density at radius 1 is 1.33 bits per heavy atom. The molecule has 1 spiro atoms. The third kappa shape index (κ3) is 2.75. The number of likely N-dealkylation sites (tertiary alicyclic amines) is 1. The molecule has 0 radical (unpaired) electrons. The Morgan fingerprint density at radius 3 is 2.75 bits per heavy atom. The first kappa shape index (κ1) is 15.8. The van der Waals surface area contributed by atoms with Crippen LogP contribution in [-0.2, 0) is 16.1 Å². The van der Waals surface area contributed by atoms with Crippen LogP contribution in [0.1, 0.15) is 6.42 Å². The quantitative estimate of drug-likeness (QED) is 0.805. The Labute approximate surface area is 147 Å². The lowest BCUT2D eigenvalue weighted by Gasteiger charge is -2.47. The van der Waals surface area contributed by atoms with E-state index in [1.807, 2.05) is 4.90 Å². The van der Waals surface area contributed by atoms with Crippen molar-refractivity contribution < 1.29 is 13.9 Å². The van der Waals surface area contributed by atoms with Crippen LogP contribution >= 0.6 is 15.9 Å². The average Bonchev–Trinajstić information content (AvgIpc) is 3.15. The highest BCUT2D eigenvalue weighted by Crippen LogP contribution is 2.38. The molecule has 2 saturated heterocycles. The molecular weight excluding hydrogens is 377 g/mol. The van der Waals surface area contributed by atoms with E-state index in [1.54, 1.807) is 23.0 Å². The molecule has 24 heavy (non-hydrogen) atoms. The first-order valence-electron chi connectivity index (χ1n) is 7.88. The molecule has 0 saturated carbocycles. The molecule has 0 N–H and O–H groups in total. The zero-order valence-corrected chi connectivity index (χ0v) is 14.6. The fourth-order valence-corrected chi connectivity index (χ4v) is 3.91. The van der Waals surface area contributed by atoms with Gasteiger partial charge in [0.2, 0.25) is 5.91 Å². The van der Waals surface area contributed by atoms with E-state index < -0.39 is 0 Å². The smallest absolute Gasteiger partial charge is 0.242 e. The monoisotopic (exact) mass is 393 g/mol. The number of hydrogen-bond donors (Lipinski definition) is 0. The van der Waals surface area contributed by atoms with Crippen molar-refractivity contribution in [3.8, 4) is 11.3 Å². The maximum Gasteiger partial charge on any atom is 0.242 e. The summed E-state index contributed by atoms with van der Waals surface area (Å²) in [6, 6.07) is 6.14. The fourth-order valence-electron chi connectivity index (χ4n) is 3.36. The average molecular weight is 394 g/mol. The van der Waals surface area contributed by atoms with Crippen LogP contribution in [0.5, 0.6) is 0 Å². The van der Waals surface area contributed by atoms with Crippen LogP contribution in [0.15, 0.2) is 35.2 Å². The van der Waals surface area contributed by atoms with Crippen LogP contribution in [-0.4, -0.2) is 46.7 Å². The van der Waals surface area contributed by atoms with Gasteiger partial charge in [0.15, 0.2) is 0 Å². The summed E-state index contributed by atoms with van der Waals surface area (Å²) < 4.78 is 21.0. The number of halogens is 2. The van der Waals surface area contributed by atoms with Gasteiger partial charge in [0.1, 0.15) is 22.7 Å². The molecule has 2 aliphatic heterocycles. The molecule has 4 rings (SSSR count). The van der Waals surface area contributed by atoms with E-state index in [2.05, 4.69) is 20.9 Å². The summed E-state index contributed by atoms with van der Waals surface area (Å²) in [5, 5.41) is 0. The molecule has 3 heterocycles. The molecule has 2 aromatic rings. The Morgan fingerprint density at radius 2 is 2.08 bits per heavy atom. The van der Waals surface area contributed by atoms with Gasteiger partial charge in [0.05, 0.1) is 12.9 Å². The second-order valence-electron chi connectivity index (χ2n) is 6.57. The topological polar surface area (TPSA) is 47.4 Å². The molecule has 2 fully saturated rings. The van der Waals surface area contributed by atoms with Crippen LogP contribution in [0, 0.1) is 11.2 Å². The van der Waals surface area contributed by atoms with Crippen molar-refractivity contribution in [1.82, 2.24) is 14.5 Å². The summed E-state index contributed by atoms with van der Waals surface area (Å²) in [6.45, 7) is 3.37. The summed E-state index contributed by atoms with van der Waals surface area (Å²) >= 11 is 3.50. The van der Waals surface area contributed by atoms with Crippen molar-refractivity contribution >= 4 is 21.8 Å². The molecule has 2 aliphatic rings. The summed E-state index contributed by atoms with van der Waals surface area (Å²) in [4.78, 5) is 18.7. The van der Waals surface area contributed by atoms with Gasteiger partial charge in [-0.1, -0.05) is 0 Å². The van der Waals surface area contributed by atoms with E-state index in [0.717, 1.165) is 42.9 Å². The van der Waals surface area contributed by atoms with Crippen LogP contribution < -0.4 is 0 Å². The van der Waals surface area contributed by atoms with E-state index in [1.165, 1.54) is 12.1 Å². The van der Waals surface area contributed by atoms with Crippen molar-refractivity contribution in [1.29, 1.82) is 0 Å². The second-order valence-corrected chi connectivity index (χ2v) is 7.32. The Bertz CT molecular complexity index is 761. The summed E-state index contributed by atoms with van der Waals surface area (Å²) in [6.07, 6.45) is 2.68. The number of carbonyl (C=O) groups excluding carboxylic acids is 1. The highest BCUT2D eigenvalue weighted by Gasteiger charge is 2.47. The number of aromatic nitrogens is 2. The second kappa shape index (κ2) is 5.97. The molecule has 0 atom stereocenters. The van der Waals surface area contributed by atoms with Gasteiger partial charge in [-0.15, -0.1) is 0 Å². The van der Waals surface area contributed by atoms with Crippen molar-refractivity contribution in [3.05, 3.63) is 41.0 Å². The molecule has 0 bridgehead atoms. The molecule has 5 nitrogen and oxygen atoms in total. The third-order valence-corrected chi connectivity index (χ3v) is 5.62. The van der Waals surface area contributed by atoms with E-state index >= 15 is 0 Å². The van der Waals surface area contributed by atoms with Gasteiger partial charge in [-0.05, 0) is 46.6 Å². The summed E-state index contributed by atoms with van der Waals surface area (Å²) in [5.41, 5.74) is 1.70. The number of carbonyl (C=O) groups is 1. The lowest BCUT2D eigenvalue weighted by molar-refractivity contribution is -0.144. The van der Waals surface area contributed by atoms with Crippen molar-refractivity contribution in [2.75, 3.05) is 26.3 Å². The number of imidazole rings is 1. The highest BCUT2D eigenvalue weighted by atomic mass is 79.9. The minimum absolute atomic E-state index is 0.0799. The van der Waals surface area contributed by atoms with Crippen molar-refractivity contribution in [2.45, 2.75) is 13.0 Å². The number of nitrogens with zero attached hydrogens (tertiary/aromatic N) is 3. The zero-order chi connectivity index (χ0) is 16.7. The summed E-state index contributed by atoms with van der Waals surface area (Å²) in [7, 11) is 0. The molecule has 1 aromatic heterocycles. The fraction of sp³-hybridized carbons (Fsp3) is 0.412. The van der Waals surface area contributed by atoms with Crippen molar-refractivity contribution in [3.63, 3.8) is 0 Å². The Hall–Kier alpha value is -1.73. The van der Waals surface area contributed by atoms with Crippen LogP contribution in [0.2, 0.25) is 0 Å². The number of rotatable bonds is 3. The van der Waals surface area contributed by atoms with E-state index in [4.69, 9.17) is 4.74 Å². The van der Waals surface area contributed by atoms with Gasteiger partial charge >= 0.3 is 0 Å². The number of ether oxygens (including phenoxy) is 1. The highest BCUT2D eigenvalue weighted by molar-refractivity contribution is 9.10. The maximum absolute atomic E-state index is 13.0. The van der Waals surface area contributed by atoms with E-state index in [-0.39, 0.29) is 23.7 Å². The molecule has 1 aromatic carbocycles. The van der Waals surface area contributed by atoms with Crippen LogP contribution in [0.3, 0.4) is 0 Å². The third-order valence-electron chi connectivity index (χ3n) is 4.79. The van der Waals surface area contributed by atoms with Gasteiger partial charge in [0.25, 0.3) is 0 Å². The molecular formula is C17H17BrFN3O2. The van der Waals surface area contributed by atoms with E-state index in [0.29, 0.717) is 5.69 Å². The first-order valence-corrected chi connectivity index (χ1v) is 8.68. The lowest BCUT2D eigenvalue weighted by atomic mass is 9.79. The number of amides is 1. The Balaban J connectivity index is 1.44. The predicted molar refractivity (Wildman–Crippen MR) is 89.8 cm³/mol. The molecule has 1 amide bonds. The molecule has 0 aliphatic carbocycles.